The minimum atomic E-state index is -0.742. The fraction of sp³-hybridized carbons (Fsp3) is 0.222. The summed E-state index contributed by atoms with van der Waals surface area (Å²) in [5, 5.41) is 2.30. The molecule has 4 amide bonds. The van der Waals surface area contributed by atoms with Gasteiger partial charge >= 0.3 is 6.03 Å². The number of amides is 4. The summed E-state index contributed by atoms with van der Waals surface area (Å²) in [6.45, 7) is 6.89. The Morgan fingerprint density at radius 3 is 2.39 bits per heavy atom. The van der Waals surface area contributed by atoms with E-state index in [9.17, 15) is 14.4 Å². The maximum atomic E-state index is 13.2. The molecule has 1 N–H and O–H groups in total. The van der Waals surface area contributed by atoms with Gasteiger partial charge in [0, 0.05) is 18.4 Å². The Bertz CT molecular complexity index is 1240. The van der Waals surface area contributed by atoms with E-state index in [1.807, 2.05) is 66.2 Å². The third-order valence-electron chi connectivity index (χ3n) is 6.19. The fourth-order valence-electron chi connectivity index (χ4n) is 3.90. The standard InChI is InChI=1S/C27H27N3O3/c1-4-18(2)20-11-13-22(14-12-20)30-26(32)24(25(31)28-27(30)33)16-23-10-7-15-29(23)17-21-9-6-5-8-19(21)3/h5-16,18H,4,17H2,1-3H3,(H,28,31,33)/b24-16-/t18-/m0/s1. The van der Waals surface area contributed by atoms with Crippen molar-refractivity contribution in [1.29, 1.82) is 0 Å². The van der Waals surface area contributed by atoms with E-state index in [4.69, 9.17) is 0 Å². The highest BCUT2D eigenvalue weighted by molar-refractivity contribution is 6.39. The number of barbiturate groups is 1. The van der Waals surface area contributed by atoms with Gasteiger partial charge in [-0.1, -0.05) is 50.2 Å². The number of rotatable bonds is 6. The molecule has 33 heavy (non-hydrogen) atoms. The lowest BCUT2D eigenvalue weighted by atomic mass is 9.98. The molecule has 0 unspecified atom stereocenters. The van der Waals surface area contributed by atoms with Gasteiger partial charge in [-0.05, 0) is 66.3 Å². The van der Waals surface area contributed by atoms with E-state index < -0.39 is 17.8 Å². The number of aromatic nitrogens is 1. The van der Waals surface area contributed by atoms with Crippen LogP contribution in [-0.4, -0.2) is 22.4 Å². The van der Waals surface area contributed by atoms with Gasteiger partial charge in [-0.15, -0.1) is 0 Å². The van der Waals surface area contributed by atoms with Crippen LogP contribution in [0, 0.1) is 6.92 Å². The molecule has 4 rings (SSSR count). The van der Waals surface area contributed by atoms with E-state index in [1.165, 1.54) is 0 Å². The summed E-state index contributed by atoms with van der Waals surface area (Å²) in [4.78, 5) is 39.3. The van der Waals surface area contributed by atoms with Crippen LogP contribution < -0.4 is 10.2 Å². The summed E-state index contributed by atoms with van der Waals surface area (Å²) in [6, 6.07) is 18.4. The average Bonchev–Trinajstić information content (AvgIpc) is 3.24. The van der Waals surface area contributed by atoms with Crippen LogP contribution in [0.3, 0.4) is 0 Å². The molecule has 1 aliphatic heterocycles. The number of nitrogens with one attached hydrogen (secondary N) is 1. The third-order valence-corrected chi connectivity index (χ3v) is 6.19. The molecular weight excluding hydrogens is 414 g/mol. The summed E-state index contributed by atoms with van der Waals surface area (Å²) in [6.07, 6.45) is 4.44. The number of hydrogen-bond donors (Lipinski definition) is 1. The average molecular weight is 442 g/mol. The van der Waals surface area contributed by atoms with Crippen molar-refractivity contribution in [1.82, 2.24) is 9.88 Å². The Morgan fingerprint density at radius 1 is 0.970 bits per heavy atom. The lowest BCUT2D eigenvalue weighted by molar-refractivity contribution is -0.122. The van der Waals surface area contributed by atoms with E-state index in [0.717, 1.165) is 28.0 Å². The van der Waals surface area contributed by atoms with Crippen molar-refractivity contribution < 1.29 is 14.4 Å². The van der Waals surface area contributed by atoms with Gasteiger partial charge in [0.2, 0.25) is 0 Å². The van der Waals surface area contributed by atoms with Crippen LogP contribution in [0.2, 0.25) is 0 Å². The Hall–Kier alpha value is -3.93. The van der Waals surface area contributed by atoms with E-state index in [1.54, 1.807) is 18.2 Å². The van der Waals surface area contributed by atoms with Gasteiger partial charge in [-0.2, -0.15) is 0 Å². The third kappa shape index (κ3) is 4.51. The van der Waals surface area contributed by atoms with Crippen molar-refractivity contribution in [2.45, 2.75) is 39.7 Å². The van der Waals surface area contributed by atoms with Gasteiger partial charge in [0.25, 0.3) is 11.8 Å². The number of urea groups is 1. The Morgan fingerprint density at radius 2 is 1.70 bits per heavy atom. The minimum Gasteiger partial charge on any atom is -0.344 e. The van der Waals surface area contributed by atoms with Crippen molar-refractivity contribution in [2.24, 2.45) is 0 Å². The molecule has 1 aromatic heterocycles. The second-order valence-electron chi connectivity index (χ2n) is 8.35. The zero-order valence-corrected chi connectivity index (χ0v) is 19.0. The van der Waals surface area contributed by atoms with Gasteiger partial charge < -0.3 is 4.57 Å². The lowest BCUT2D eigenvalue weighted by Gasteiger charge is -2.26. The topological polar surface area (TPSA) is 71.4 Å². The highest BCUT2D eigenvalue weighted by Gasteiger charge is 2.37. The van der Waals surface area contributed by atoms with E-state index in [-0.39, 0.29) is 5.57 Å². The summed E-state index contributed by atoms with van der Waals surface area (Å²) >= 11 is 0. The zero-order chi connectivity index (χ0) is 23.5. The summed E-state index contributed by atoms with van der Waals surface area (Å²) < 4.78 is 1.97. The summed E-state index contributed by atoms with van der Waals surface area (Å²) in [5.74, 6) is -0.951. The predicted octanol–water partition coefficient (Wildman–Crippen LogP) is 5.02. The minimum absolute atomic E-state index is 0.0784. The molecule has 1 fully saturated rings. The molecule has 2 heterocycles. The Balaban J connectivity index is 1.64. The number of anilines is 1. The molecule has 1 saturated heterocycles. The number of benzene rings is 2. The first-order valence-corrected chi connectivity index (χ1v) is 11.1. The van der Waals surface area contributed by atoms with Crippen LogP contribution >= 0.6 is 0 Å². The molecule has 1 atom stereocenters. The van der Waals surface area contributed by atoms with Crippen molar-refractivity contribution in [2.75, 3.05) is 4.90 Å². The van der Waals surface area contributed by atoms with E-state index >= 15 is 0 Å². The molecule has 6 heteroatoms. The largest absolute Gasteiger partial charge is 0.344 e. The maximum Gasteiger partial charge on any atom is 0.335 e. The van der Waals surface area contributed by atoms with E-state index in [0.29, 0.717) is 23.8 Å². The van der Waals surface area contributed by atoms with Crippen molar-refractivity contribution in [3.8, 4) is 0 Å². The molecule has 2 aromatic carbocycles. The molecule has 1 aliphatic rings. The maximum absolute atomic E-state index is 13.2. The first kappa shape index (κ1) is 22.3. The van der Waals surface area contributed by atoms with Crippen LogP contribution in [-0.2, 0) is 16.1 Å². The zero-order valence-electron chi connectivity index (χ0n) is 19.0. The molecule has 3 aromatic rings. The normalized spacial score (nSPS) is 16.3. The highest BCUT2D eigenvalue weighted by Crippen LogP contribution is 2.26. The van der Waals surface area contributed by atoms with Crippen LogP contribution in [0.4, 0.5) is 10.5 Å². The molecule has 0 saturated carbocycles. The van der Waals surface area contributed by atoms with Gasteiger partial charge in [-0.3, -0.25) is 14.9 Å². The van der Waals surface area contributed by atoms with Crippen LogP contribution in [0.15, 0.2) is 72.4 Å². The Kier molecular flexibility index (Phi) is 6.27. The molecule has 0 bridgehead atoms. The number of hydrogen-bond acceptors (Lipinski definition) is 3. The Labute approximate surface area is 193 Å². The second-order valence-corrected chi connectivity index (χ2v) is 8.35. The molecule has 0 radical (unpaired) electrons. The number of imide groups is 2. The summed E-state index contributed by atoms with van der Waals surface area (Å²) in [5.41, 5.74) is 4.49. The highest BCUT2D eigenvalue weighted by atomic mass is 16.2. The smallest absolute Gasteiger partial charge is 0.335 e. The van der Waals surface area contributed by atoms with Crippen molar-refractivity contribution in [3.63, 3.8) is 0 Å². The first-order chi connectivity index (χ1) is 15.9. The van der Waals surface area contributed by atoms with Gasteiger partial charge in [0.15, 0.2) is 0 Å². The van der Waals surface area contributed by atoms with E-state index in [2.05, 4.69) is 19.2 Å². The number of aryl methyl sites for hydroxylation is 1. The fourth-order valence-corrected chi connectivity index (χ4v) is 3.90. The number of carbonyl (C=O) groups excluding carboxylic acids is 3. The molecular formula is C27H27N3O3. The van der Waals surface area contributed by atoms with Crippen LogP contribution in [0.25, 0.3) is 6.08 Å². The number of carbonyl (C=O) groups is 3. The molecule has 0 aliphatic carbocycles. The molecule has 6 nitrogen and oxygen atoms in total. The molecule has 0 spiro atoms. The monoisotopic (exact) mass is 441 g/mol. The van der Waals surface area contributed by atoms with Crippen molar-refractivity contribution in [3.05, 3.63) is 94.8 Å². The van der Waals surface area contributed by atoms with Crippen molar-refractivity contribution >= 4 is 29.6 Å². The quantitative estimate of drug-likeness (QED) is 0.431. The number of nitrogens with zero attached hydrogens (tertiary/aromatic N) is 2. The second kappa shape index (κ2) is 9.28. The first-order valence-electron chi connectivity index (χ1n) is 11.1. The van der Waals surface area contributed by atoms with Crippen LogP contribution in [0.1, 0.15) is 48.6 Å². The van der Waals surface area contributed by atoms with Gasteiger partial charge in [0.05, 0.1) is 5.69 Å². The summed E-state index contributed by atoms with van der Waals surface area (Å²) in [7, 11) is 0. The molecule has 168 valence electrons. The predicted molar refractivity (Wildman–Crippen MR) is 129 cm³/mol. The SMILES string of the molecule is CC[C@H](C)c1ccc(N2C(=O)NC(=O)/C(=C/c3cccn3Cc3ccccc3C)C2=O)cc1. The van der Waals surface area contributed by atoms with Gasteiger partial charge in [0.1, 0.15) is 5.57 Å². The van der Waals surface area contributed by atoms with Crippen LogP contribution in [0.5, 0.6) is 0 Å². The van der Waals surface area contributed by atoms with Gasteiger partial charge in [-0.25, -0.2) is 9.69 Å². The lowest BCUT2D eigenvalue weighted by Crippen LogP contribution is -2.54.